The number of benzene rings is 1. The second-order valence-corrected chi connectivity index (χ2v) is 6.22. The van der Waals surface area contributed by atoms with E-state index in [1.54, 1.807) is 17.0 Å². The van der Waals surface area contributed by atoms with Gasteiger partial charge in [-0.05, 0) is 30.8 Å². The van der Waals surface area contributed by atoms with Crippen molar-refractivity contribution in [2.75, 3.05) is 19.6 Å². The molecule has 4 nitrogen and oxygen atoms in total. The number of carbonyl (C=O) groups is 1. The molecule has 2 aliphatic heterocycles. The smallest absolute Gasteiger partial charge is 0.410 e. The molecule has 2 fully saturated rings. The van der Waals surface area contributed by atoms with Crippen LogP contribution in [0.4, 0.5) is 4.79 Å². The molecule has 7 heteroatoms. The molecule has 0 saturated carbocycles. The number of carbonyl (C=O) groups excluding carboxylic acids is 1. The first kappa shape index (κ1) is 16.7. The summed E-state index contributed by atoms with van der Waals surface area (Å²) in [6, 6.07) is 5.43. The fraction of sp³-hybridized carbons (Fsp3) is 0.500. The highest BCUT2D eigenvalue weighted by atomic mass is 35.5. The van der Waals surface area contributed by atoms with Crippen molar-refractivity contribution < 1.29 is 9.53 Å². The van der Waals surface area contributed by atoms with Gasteiger partial charge in [0.1, 0.15) is 5.60 Å². The summed E-state index contributed by atoms with van der Waals surface area (Å²) >= 11 is 11.9. The molecular weight excluding hydrogens is 335 g/mol. The fourth-order valence-electron chi connectivity index (χ4n) is 2.82. The highest BCUT2D eigenvalue weighted by molar-refractivity contribution is 6.42. The van der Waals surface area contributed by atoms with E-state index in [2.05, 4.69) is 5.32 Å². The topological polar surface area (TPSA) is 41.6 Å². The van der Waals surface area contributed by atoms with Gasteiger partial charge in [-0.15, -0.1) is 12.4 Å². The quantitative estimate of drug-likeness (QED) is 0.887. The first-order valence-electron chi connectivity index (χ1n) is 6.71. The summed E-state index contributed by atoms with van der Waals surface area (Å²) in [5.41, 5.74) is 0.654. The number of amides is 1. The van der Waals surface area contributed by atoms with Crippen molar-refractivity contribution in [2.45, 2.75) is 25.0 Å². The van der Waals surface area contributed by atoms with Gasteiger partial charge < -0.3 is 10.1 Å². The molecule has 0 bridgehead atoms. The lowest BCUT2D eigenvalue weighted by atomic mass is 9.92. The Morgan fingerprint density at radius 1 is 1.24 bits per heavy atom. The number of halogens is 3. The summed E-state index contributed by atoms with van der Waals surface area (Å²) in [6.07, 6.45) is 1.51. The molecule has 3 rings (SSSR count). The van der Waals surface area contributed by atoms with Gasteiger partial charge in [-0.2, -0.15) is 0 Å². The van der Waals surface area contributed by atoms with Crippen LogP contribution in [0, 0.1) is 0 Å². The van der Waals surface area contributed by atoms with Crippen LogP contribution in [0.25, 0.3) is 0 Å². The molecule has 0 aromatic heterocycles. The lowest BCUT2D eigenvalue weighted by Gasteiger charge is -2.31. The van der Waals surface area contributed by atoms with Gasteiger partial charge >= 0.3 is 6.09 Å². The van der Waals surface area contributed by atoms with Crippen molar-refractivity contribution in [1.82, 2.24) is 10.2 Å². The number of ether oxygens (including phenoxy) is 1. The van der Waals surface area contributed by atoms with Crippen LogP contribution in [-0.4, -0.2) is 36.2 Å². The standard InChI is InChI=1S/C14H16Cl2N2O2.ClH/c15-11-2-1-10(7-12(11)16)8-18-9-14(20-13(18)19)3-5-17-6-4-14;/h1-2,7,17H,3-6,8-9H2;1H. The number of hydrogen-bond acceptors (Lipinski definition) is 3. The molecule has 0 aliphatic carbocycles. The second kappa shape index (κ2) is 6.61. The van der Waals surface area contributed by atoms with Crippen LogP contribution in [0.5, 0.6) is 0 Å². The van der Waals surface area contributed by atoms with E-state index in [-0.39, 0.29) is 24.1 Å². The number of nitrogens with one attached hydrogen (secondary N) is 1. The molecular formula is C14H17Cl3N2O2. The fourth-order valence-corrected chi connectivity index (χ4v) is 3.14. The van der Waals surface area contributed by atoms with Gasteiger partial charge in [0.2, 0.25) is 0 Å². The van der Waals surface area contributed by atoms with Gasteiger partial charge in [-0.3, -0.25) is 4.90 Å². The Kier molecular flexibility index (Phi) is 5.25. The van der Waals surface area contributed by atoms with E-state index in [0.29, 0.717) is 23.1 Å². The van der Waals surface area contributed by atoms with Crippen molar-refractivity contribution in [1.29, 1.82) is 0 Å². The van der Waals surface area contributed by atoms with Crippen LogP contribution in [-0.2, 0) is 11.3 Å². The predicted molar refractivity (Wildman–Crippen MR) is 85.4 cm³/mol. The number of piperidine rings is 1. The third-order valence-electron chi connectivity index (χ3n) is 3.91. The monoisotopic (exact) mass is 350 g/mol. The molecule has 0 unspecified atom stereocenters. The average Bonchev–Trinajstić information content (AvgIpc) is 2.71. The SMILES string of the molecule is Cl.O=C1OC2(CCNCC2)CN1Cc1ccc(Cl)c(Cl)c1. The Hall–Kier alpha value is -0.680. The van der Waals surface area contributed by atoms with Crippen molar-refractivity contribution >= 4 is 41.7 Å². The number of hydrogen-bond donors (Lipinski definition) is 1. The van der Waals surface area contributed by atoms with E-state index in [1.807, 2.05) is 6.07 Å². The van der Waals surface area contributed by atoms with Crippen LogP contribution in [0.3, 0.4) is 0 Å². The lowest BCUT2D eigenvalue weighted by molar-refractivity contribution is 0.0316. The van der Waals surface area contributed by atoms with Crippen molar-refractivity contribution in [2.24, 2.45) is 0 Å². The van der Waals surface area contributed by atoms with Crippen molar-refractivity contribution in [3.8, 4) is 0 Å². The van der Waals surface area contributed by atoms with Crippen molar-refractivity contribution in [3.63, 3.8) is 0 Å². The molecule has 1 aromatic rings. The molecule has 2 saturated heterocycles. The minimum Gasteiger partial charge on any atom is -0.441 e. The first-order chi connectivity index (χ1) is 9.58. The average molecular weight is 352 g/mol. The lowest BCUT2D eigenvalue weighted by Crippen LogP contribution is -2.44. The summed E-state index contributed by atoms with van der Waals surface area (Å²) in [5, 5.41) is 4.32. The Bertz CT molecular complexity index is 533. The van der Waals surface area contributed by atoms with Crippen molar-refractivity contribution in [3.05, 3.63) is 33.8 Å². The highest BCUT2D eigenvalue weighted by Crippen LogP contribution is 2.32. The Labute approximate surface area is 140 Å². The molecule has 1 N–H and O–H groups in total. The molecule has 1 aromatic carbocycles. The first-order valence-corrected chi connectivity index (χ1v) is 7.46. The van der Waals surface area contributed by atoms with Crippen LogP contribution in [0.1, 0.15) is 18.4 Å². The van der Waals surface area contributed by atoms with E-state index in [9.17, 15) is 4.79 Å². The largest absolute Gasteiger partial charge is 0.441 e. The van der Waals surface area contributed by atoms with Gasteiger partial charge in [0.15, 0.2) is 0 Å². The van der Waals surface area contributed by atoms with E-state index in [1.165, 1.54) is 0 Å². The Balaban J connectivity index is 0.00000161. The molecule has 2 heterocycles. The maximum atomic E-state index is 12.0. The molecule has 116 valence electrons. The molecule has 0 radical (unpaired) electrons. The second-order valence-electron chi connectivity index (χ2n) is 5.41. The minimum atomic E-state index is -0.307. The molecule has 21 heavy (non-hydrogen) atoms. The summed E-state index contributed by atoms with van der Waals surface area (Å²) < 4.78 is 5.62. The summed E-state index contributed by atoms with van der Waals surface area (Å²) in [5.74, 6) is 0. The maximum absolute atomic E-state index is 12.0. The van der Waals surface area contributed by atoms with E-state index >= 15 is 0 Å². The van der Waals surface area contributed by atoms with Gasteiger partial charge in [-0.1, -0.05) is 29.3 Å². The zero-order chi connectivity index (χ0) is 14.2. The van der Waals surface area contributed by atoms with Gasteiger partial charge in [0.25, 0.3) is 0 Å². The molecule has 1 spiro atoms. The molecule has 2 aliphatic rings. The van der Waals surface area contributed by atoms with E-state index in [0.717, 1.165) is 31.5 Å². The van der Waals surface area contributed by atoms with Crippen LogP contribution in [0.2, 0.25) is 10.0 Å². The Morgan fingerprint density at radius 3 is 2.62 bits per heavy atom. The van der Waals surface area contributed by atoms with Crippen LogP contribution < -0.4 is 5.32 Å². The maximum Gasteiger partial charge on any atom is 0.410 e. The highest BCUT2D eigenvalue weighted by Gasteiger charge is 2.45. The zero-order valence-corrected chi connectivity index (χ0v) is 13.7. The van der Waals surface area contributed by atoms with Gasteiger partial charge in [0, 0.05) is 19.4 Å². The Morgan fingerprint density at radius 2 is 1.95 bits per heavy atom. The van der Waals surface area contributed by atoms with Crippen LogP contribution >= 0.6 is 35.6 Å². The predicted octanol–water partition coefficient (Wildman–Crippen LogP) is 3.49. The number of nitrogens with zero attached hydrogens (tertiary/aromatic N) is 1. The van der Waals surface area contributed by atoms with Crippen LogP contribution in [0.15, 0.2) is 18.2 Å². The third kappa shape index (κ3) is 3.57. The van der Waals surface area contributed by atoms with Gasteiger partial charge in [0.05, 0.1) is 16.6 Å². The summed E-state index contributed by atoms with van der Waals surface area (Å²) in [7, 11) is 0. The van der Waals surface area contributed by atoms with E-state index in [4.69, 9.17) is 27.9 Å². The normalized spacial score (nSPS) is 20.3. The summed E-state index contributed by atoms with van der Waals surface area (Å²) in [4.78, 5) is 13.8. The van der Waals surface area contributed by atoms with E-state index < -0.39 is 0 Å². The minimum absolute atomic E-state index is 0. The molecule has 1 amide bonds. The molecule has 0 atom stereocenters. The zero-order valence-electron chi connectivity index (χ0n) is 11.4. The third-order valence-corrected chi connectivity index (χ3v) is 4.65. The summed E-state index contributed by atoms with van der Waals surface area (Å²) in [6.45, 7) is 2.94. The number of rotatable bonds is 2. The van der Waals surface area contributed by atoms with Gasteiger partial charge in [-0.25, -0.2) is 4.79 Å².